The highest BCUT2D eigenvalue weighted by atomic mass is 14.8. The molecule has 1 unspecified atom stereocenters. The van der Waals surface area contributed by atoms with Crippen molar-refractivity contribution < 1.29 is 0 Å². The van der Waals surface area contributed by atoms with Crippen molar-refractivity contribution in [2.45, 2.75) is 40.2 Å². The van der Waals surface area contributed by atoms with E-state index in [1.165, 1.54) is 0 Å². The van der Waals surface area contributed by atoms with Crippen molar-refractivity contribution in [3.05, 3.63) is 12.2 Å². The molecule has 70 valence electrons. The summed E-state index contributed by atoms with van der Waals surface area (Å²) in [5.41, 5.74) is -0.0930. The summed E-state index contributed by atoms with van der Waals surface area (Å²) in [4.78, 5) is 4.15. The maximum absolute atomic E-state index is 4.15. The number of aliphatic imine (C=N–C) groups is 1. The second-order valence-electron chi connectivity index (χ2n) is 4.14. The van der Waals surface area contributed by atoms with Crippen molar-refractivity contribution in [3.8, 4) is 0 Å². The van der Waals surface area contributed by atoms with Crippen molar-refractivity contribution in [1.29, 1.82) is 0 Å². The third-order valence-electron chi connectivity index (χ3n) is 2.33. The molecule has 0 aromatic rings. The van der Waals surface area contributed by atoms with E-state index in [4.69, 9.17) is 0 Å². The van der Waals surface area contributed by atoms with Crippen LogP contribution in [0, 0.1) is 11.8 Å². The first kappa shape index (κ1) is 11.4. The zero-order valence-electron chi connectivity index (χ0n) is 8.96. The lowest BCUT2D eigenvalue weighted by Crippen LogP contribution is -2.25. The van der Waals surface area contributed by atoms with Gasteiger partial charge in [0, 0.05) is 0 Å². The standard InChI is InChI=1S/C11H21N/c1-9(2)7-8-11(5,12-6)10(3)4/h7-10H,6H2,1-5H3/b8-7+. The van der Waals surface area contributed by atoms with Gasteiger partial charge in [-0.1, -0.05) is 39.8 Å². The van der Waals surface area contributed by atoms with Crippen molar-refractivity contribution in [2.24, 2.45) is 16.8 Å². The SMILES string of the molecule is C=NC(C)(/C=C/C(C)C)C(C)C. The third-order valence-corrected chi connectivity index (χ3v) is 2.33. The van der Waals surface area contributed by atoms with E-state index in [9.17, 15) is 0 Å². The summed E-state index contributed by atoms with van der Waals surface area (Å²) < 4.78 is 0. The highest BCUT2D eigenvalue weighted by molar-refractivity contribution is 5.28. The van der Waals surface area contributed by atoms with Crippen LogP contribution in [-0.2, 0) is 0 Å². The van der Waals surface area contributed by atoms with E-state index in [0.717, 1.165) is 0 Å². The second-order valence-corrected chi connectivity index (χ2v) is 4.14. The van der Waals surface area contributed by atoms with Crippen LogP contribution in [0.4, 0.5) is 0 Å². The third kappa shape index (κ3) is 3.21. The molecule has 12 heavy (non-hydrogen) atoms. The fourth-order valence-electron chi connectivity index (χ4n) is 0.815. The van der Waals surface area contributed by atoms with Gasteiger partial charge in [-0.2, -0.15) is 0 Å². The summed E-state index contributed by atoms with van der Waals surface area (Å²) in [6.07, 6.45) is 4.35. The molecule has 1 nitrogen and oxygen atoms in total. The molecule has 0 radical (unpaired) electrons. The zero-order chi connectivity index (χ0) is 9.78. The summed E-state index contributed by atoms with van der Waals surface area (Å²) in [6.45, 7) is 14.4. The van der Waals surface area contributed by atoms with E-state index < -0.39 is 0 Å². The van der Waals surface area contributed by atoms with Crippen molar-refractivity contribution in [1.82, 2.24) is 0 Å². The average Bonchev–Trinajstić information content (AvgIpc) is 1.99. The molecule has 0 saturated heterocycles. The Kier molecular flexibility index (Phi) is 4.22. The fraction of sp³-hybridized carbons (Fsp3) is 0.727. The summed E-state index contributed by atoms with van der Waals surface area (Å²) >= 11 is 0. The van der Waals surface area contributed by atoms with Gasteiger partial charge < -0.3 is 0 Å². The highest BCUT2D eigenvalue weighted by Gasteiger charge is 2.22. The Morgan fingerprint density at radius 3 is 2.00 bits per heavy atom. The molecule has 0 aromatic carbocycles. The maximum atomic E-state index is 4.15. The van der Waals surface area contributed by atoms with Crippen LogP contribution in [0.3, 0.4) is 0 Å². The Bertz CT molecular complexity index is 168. The molecule has 0 N–H and O–H groups in total. The molecule has 0 aliphatic heterocycles. The number of allylic oxidation sites excluding steroid dienone is 1. The van der Waals surface area contributed by atoms with E-state index in [1.54, 1.807) is 0 Å². The summed E-state index contributed by atoms with van der Waals surface area (Å²) in [5, 5.41) is 0. The summed E-state index contributed by atoms with van der Waals surface area (Å²) in [5.74, 6) is 1.09. The largest absolute Gasteiger partial charge is 0.290 e. The number of rotatable bonds is 4. The van der Waals surface area contributed by atoms with Crippen LogP contribution in [0.25, 0.3) is 0 Å². The molecule has 0 bridgehead atoms. The van der Waals surface area contributed by atoms with Crippen LogP contribution in [0.2, 0.25) is 0 Å². The average molecular weight is 167 g/mol. The predicted octanol–water partition coefficient (Wildman–Crippen LogP) is 3.31. The van der Waals surface area contributed by atoms with Gasteiger partial charge in [0.1, 0.15) is 0 Å². The normalized spacial score (nSPS) is 17.2. The first-order valence-corrected chi connectivity index (χ1v) is 4.59. The fourth-order valence-corrected chi connectivity index (χ4v) is 0.815. The Morgan fingerprint density at radius 2 is 1.75 bits per heavy atom. The molecule has 0 aliphatic carbocycles. The Morgan fingerprint density at radius 1 is 1.25 bits per heavy atom. The molecule has 0 heterocycles. The molecule has 0 amide bonds. The van der Waals surface area contributed by atoms with Crippen LogP contribution in [0.5, 0.6) is 0 Å². The van der Waals surface area contributed by atoms with E-state index in [2.05, 4.69) is 58.5 Å². The summed E-state index contributed by atoms with van der Waals surface area (Å²) in [6, 6.07) is 0. The first-order valence-electron chi connectivity index (χ1n) is 4.59. The molecule has 0 rings (SSSR count). The Labute approximate surface area is 76.6 Å². The van der Waals surface area contributed by atoms with Crippen LogP contribution < -0.4 is 0 Å². The molecular formula is C11H21N. The quantitative estimate of drug-likeness (QED) is 0.450. The van der Waals surface area contributed by atoms with Gasteiger partial charge in [0.25, 0.3) is 0 Å². The maximum Gasteiger partial charge on any atom is 0.0775 e. The van der Waals surface area contributed by atoms with Crippen molar-refractivity contribution in [2.75, 3.05) is 0 Å². The van der Waals surface area contributed by atoms with Crippen molar-refractivity contribution >= 4 is 6.72 Å². The van der Waals surface area contributed by atoms with Gasteiger partial charge in [-0.3, -0.25) is 4.99 Å². The molecule has 1 heteroatoms. The predicted molar refractivity (Wildman–Crippen MR) is 56.8 cm³/mol. The lowest BCUT2D eigenvalue weighted by molar-refractivity contribution is 0.423. The Balaban J connectivity index is 4.44. The highest BCUT2D eigenvalue weighted by Crippen LogP contribution is 2.22. The van der Waals surface area contributed by atoms with Crippen molar-refractivity contribution in [3.63, 3.8) is 0 Å². The van der Waals surface area contributed by atoms with Gasteiger partial charge in [-0.05, 0) is 25.5 Å². The number of hydrogen-bond acceptors (Lipinski definition) is 1. The minimum Gasteiger partial charge on any atom is -0.290 e. The molecule has 0 saturated carbocycles. The van der Waals surface area contributed by atoms with Crippen LogP contribution >= 0.6 is 0 Å². The van der Waals surface area contributed by atoms with Gasteiger partial charge in [0.05, 0.1) is 5.54 Å². The minimum atomic E-state index is -0.0930. The molecule has 1 atom stereocenters. The molecule has 0 aliphatic rings. The van der Waals surface area contributed by atoms with E-state index in [0.29, 0.717) is 11.8 Å². The van der Waals surface area contributed by atoms with Crippen LogP contribution in [-0.4, -0.2) is 12.3 Å². The van der Waals surface area contributed by atoms with E-state index in [1.807, 2.05) is 0 Å². The van der Waals surface area contributed by atoms with Crippen LogP contribution in [0.1, 0.15) is 34.6 Å². The zero-order valence-corrected chi connectivity index (χ0v) is 8.96. The van der Waals surface area contributed by atoms with Crippen LogP contribution in [0.15, 0.2) is 17.1 Å². The monoisotopic (exact) mass is 167 g/mol. The van der Waals surface area contributed by atoms with Gasteiger partial charge in [-0.25, -0.2) is 0 Å². The number of nitrogens with zero attached hydrogens (tertiary/aromatic N) is 1. The minimum absolute atomic E-state index is 0.0930. The molecule has 0 spiro atoms. The molecule has 0 fully saturated rings. The van der Waals surface area contributed by atoms with Gasteiger partial charge in [-0.15, -0.1) is 0 Å². The smallest absolute Gasteiger partial charge is 0.0775 e. The first-order chi connectivity index (χ1) is 5.42. The lowest BCUT2D eigenvalue weighted by Gasteiger charge is -2.25. The van der Waals surface area contributed by atoms with Gasteiger partial charge in [0.2, 0.25) is 0 Å². The number of hydrogen-bond donors (Lipinski definition) is 0. The van der Waals surface area contributed by atoms with Gasteiger partial charge in [0.15, 0.2) is 0 Å². The molecular weight excluding hydrogens is 146 g/mol. The summed E-state index contributed by atoms with van der Waals surface area (Å²) in [7, 11) is 0. The van der Waals surface area contributed by atoms with Gasteiger partial charge >= 0.3 is 0 Å². The lowest BCUT2D eigenvalue weighted by atomic mass is 9.88. The second kappa shape index (κ2) is 4.44. The molecule has 0 aromatic heterocycles. The topological polar surface area (TPSA) is 12.4 Å². The van der Waals surface area contributed by atoms with E-state index in [-0.39, 0.29) is 5.54 Å². The van der Waals surface area contributed by atoms with E-state index >= 15 is 0 Å². The Hall–Kier alpha value is -0.590.